The Morgan fingerprint density at radius 3 is 2.67 bits per heavy atom. The molecule has 4 heteroatoms. The van der Waals surface area contributed by atoms with Gasteiger partial charge in [0.2, 0.25) is 0 Å². The topological polar surface area (TPSA) is 12.0 Å². The molecule has 0 radical (unpaired) electrons. The predicted octanol–water partition coefficient (Wildman–Crippen LogP) is 5.10. The zero-order chi connectivity index (χ0) is 14.8. The highest BCUT2D eigenvalue weighted by molar-refractivity contribution is 9.10. The highest BCUT2D eigenvalue weighted by Crippen LogP contribution is 2.39. The molecule has 21 heavy (non-hydrogen) atoms. The van der Waals surface area contributed by atoms with E-state index in [0.29, 0.717) is 5.92 Å². The maximum absolute atomic E-state index is 13.5. The van der Waals surface area contributed by atoms with Crippen molar-refractivity contribution in [3.05, 3.63) is 68.9 Å². The minimum atomic E-state index is -0.172. The van der Waals surface area contributed by atoms with Gasteiger partial charge in [-0.15, -0.1) is 0 Å². The third-order valence-electron chi connectivity index (χ3n) is 4.13. The largest absolute Gasteiger partial charge is 0.316 e. The quantitative estimate of drug-likeness (QED) is 0.777. The van der Waals surface area contributed by atoms with E-state index >= 15 is 0 Å². The first-order valence-electron chi connectivity index (χ1n) is 7.06. The summed E-state index contributed by atoms with van der Waals surface area (Å²) in [6.45, 7) is 1.85. The Hall–Kier alpha value is -0.900. The van der Waals surface area contributed by atoms with E-state index in [1.807, 2.05) is 12.1 Å². The first kappa shape index (κ1) is 15.0. The van der Waals surface area contributed by atoms with Crippen molar-refractivity contribution >= 4 is 27.5 Å². The fraction of sp³-hybridized carbons (Fsp3) is 0.294. The number of halogens is 3. The van der Waals surface area contributed by atoms with Crippen LogP contribution in [0, 0.1) is 5.82 Å². The highest BCUT2D eigenvalue weighted by Gasteiger charge is 2.28. The first-order chi connectivity index (χ1) is 10.1. The van der Waals surface area contributed by atoms with E-state index in [2.05, 4.69) is 33.4 Å². The molecule has 2 unspecified atom stereocenters. The van der Waals surface area contributed by atoms with Gasteiger partial charge in [0.15, 0.2) is 0 Å². The fourth-order valence-corrected chi connectivity index (χ4v) is 3.60. The van der Waals surface area contributed by atoms with Gasteiger partial charge in [0.1, 0.15) is 5.82 Å². The molecule has 0 amide bonds. The minimum absolute atomic E-state index is 0.172. The molecule has 1 aliphatic heterocycles. The lowest BCUT2D eigenvalue weighted by atomic mass is 9.77. The summed E-state index contributed by atoms with van der Waals surface area (Å²) in [5.41, 5.74) is 2.31. The summed E-state index contributed by atoms with van der Waals surface area (Å²) in [5, 5.41) is 4.14. The van der Waals surface area contributed by atoms with Crippen molar-refractivity contribution in [2.24, 2.45) is 0 Å². The molecular formula is C17H16BrClFN. The lowest BCUT2D eigenvalue weighted by molar-refractivity contribution is 0.403. The summed E-state index contributed by atoms with van der Waals surface area (Å²) in [4.78, 5) is 0. The molecule has 2 atom stereocenters. The Labute approximate surface area is 137 Å². The third-order valence-corrected chi connectivity index (χ3v) is 5.34. The van der Waals surface area contributed by atoms with Gasteiger partial charge in [0, 0.05) is 16.9 Å². The van der Waals surface area contributed by atoms with Crippen molar-refractivity contribution in [3.63, 3.8) is 0 Å². The van der Waals surface area contributed by atoms with Gasteiger partial charge in [-0.25, -0.2) is 4.39 Å². The van der Waals surface area contributed by atoms with E-state index in [0.717, 1.165) is 34.6 Å². The van der Waals surface area contributed by atoms with Gasteiger partial charge in [0.05, 0.1) is 5.02 Å². The van der Waals surface area contributed by atoms with Crippen molar-refractivity contribution in [3.8, 4) is 0 Å². The summed E-state index contributed by atoms with van der Waals surface area (Å²) in [7, 11) is 0. The maximum atomic E-state index is 13.5. The van der Waals surface area contributed by atoms with Gasteiger partial charge in [-0.3, -0.25) is 0 Å². The van der Waals surface area contributed by atoms with Crippen LogP contribution < -0.4 is 5.32 Å². The Morgan fingerprint density at radius 1 is 1.10 bits per heavy atom. The van der Waals surface area contributed by atoms with E-state index in [-0.39, 0.29) is 11.7 Å². The van der Waals surface area contributed by atoms with E-state index in [4.69, 9.17) is 11.6 Å². The normalized spacial score (nSPS) is 22.2. The van der Waals surface area contributed by atoms with E-state index in [1.165, 1.54) is 11.6 Å². The second kappa shape index (κ2) is 6.47. The van der Waals surface area contributed by atoms with Gasteiger partial charge >= 0.3 is 0 Å². The fourth-order valence-electron chi connectivity index (χ4n) is 3.09. The molecule has 0 aliphatic carbocycles. The van der Waals surface area contributed by atoms with E-state index < -0.39 is 0 Å². The molecule has 0 saturated carbocycles. The highest BCUT2D eigenvalue weighted by atomic mass is 79.9. The second-order valence-corrected chi connectivity index (χ2v) is 6.70. The SMILES string of the molecule is Fc1cccc(C2CNCCC2c2ccc(Cl)c(Br)c2)c1. The average molecular weight is 369 g/mol. The summed E-state index contributed by atoms with van der Waals surface area (Å²) >= 11 is 9.58. The average Bonchev–Trinajstić information content (AvgIpc) is 2.50. The van der Waals surface area contributed by atoms with Gasteiger partial charge in [-0.1, -0.05) is 29.8 Å². The Balaban J connectivity index is 1.96. The molecule has 3 rings (SSSR count). The van der Waals surface area contributed by atoms with E-state index in [9.17, 15) is 4.39 Å². The molecule has 1 nitrogen and oxygen atoms in total. The van der Waals surface area contributed by atoms with E-state index in [1.54, 1.807) is 12.1 Å². The molecule has 0 bridgehead atoms. The molecule has 1 saturated heterocycles. The summed E-state index contributed by atoms with van der Waals surface area (Å²) < 4.78 is 14.4. The zero-order valence-corrected chi connectivity index (χ0v) is 13.8. The standard InChI is InChI=1S/C17H16BrClFN/c18-16-9-12(4-5-17(16)19)14-6-7-21-10-15(14)11-2-1-3-13(20)8-11/h1-5,8-9,14-15,21H,6-7,10H2. The van der Waals surface area contributed by atoms with Crippen LogP contribution in [-0.4, -0.2) is 13.1 Å². The minimum Gasteiger partial charge on any atom is -0.316 e. The van der Waals surface area contributed by atoms with Crippen molar-refractivity contribution in [1.29, 1.82) is 0 Å². The van der Waals surface area contributed by atoms with Crippen LogP contribution in [-0.2, 0) is 0 Å². The lowest BCUT2D eigenvalue weighted by Gasteiger charge is -2.33. The summed E-state index contributed by atoms with van der Waals surface area (Å²) in [6.07, 6.45) is 1.04. The van der Waals surface area contributed by atoms with Crippen molar-refractivity contribution in [2.45, 2.75) is 18.3 Å². The van der Waals surface area contributed by atoms with Crippen LogP contribution in [0.15, 0.2) is 46.9 Å². The molecule has 1 aliphatic rings. The van der Waals surface area contributed by atoms with Crippen molar-refractivity contribution < 1.29 is 4.39 Å². The molecule has 2 aromatic rings. The van der Waals surface area contributed by atoms with Crippen molar-refractivity contribution in [2.75, 3.05) is 13.1 Å². The molecule has 0 aromatic heterocycles. The molecule has 1 heterocycles. The molecule has 1 fully saturated rings. The third kappa shape index (κ3) is 3.31. The Kier molecular flexibility index (Phi) is 4.63. The van der Waals surface area contributed by atoms with Gasteiger partial charge < -0.3 is 5.32 Å². The van der Waals surface area contributed by atoms with Crippen LogP contribution in [0.3, 0.4) is 0 Å². The molecular weight excluding hydrogens is 353 g/mol. The van der Waals surface area contributed by atoms with Crippen LogP contribution >= 0.6 is 27.5 Å². The Morgan fingerprint density at radius 2 is 1.90 bits per heavy atom. The van der Waals surface area contributed by atoms with Crippen LogP contribution in [0.25, 0.3) is 0 Å². The molecule has 110 valence electrons. The number of hydrogen-bond donors (Lipinski definition) is 1. The predicted molar refractivity (Wildman–Crippen MR) is 88.5 cm³/mol. The maximum Gasteiger partial charge on any atom is 0.123 e. The number of piperidine rings is 1. The van der Waals surface area contributed by atoms with Gasteiger partial charge in [0.25, 0.3) is 0 Å². The van der Waals surface area contributed by atoms with Crippen LogP contribution in [0.5, 0.6) is 0 Å². The molecule has 1 N–H and O–H groups in total. The van der Waals surface area contributed by atoms with Gasteiger partial charge in [-0.2, -0.15) is 0 Å². The first-order valence-corrected chi connectivity index (χ1v) is 8.23. The van der Waals surface area contributed by atoms with Gasteiger partial charge in [-0.05, 0) is 70.2 Å². The smallest absolute Gasteiger partial charge is 0.123 e. The number of benzene rings is 2. The summed E-state index contributed by atoms with van der Waals surface area (Å²) in [6, 6.07) is 13.0. The number of nitrogens with one attached hydrogen (secondary N) is 1. The number of hydrogen-bond acceptors (Lipinski definition) is 1. The summed E-state index contributed by atoms with van der Waals surface area (Å²) in [5.74, 6) is 0.484. The second-order valence-electron chi connectivity index (χ2n) is 5.43. The molecule has 0 spiro atoms. The van der Waals surface area contributed by atoms with Crippen LogP contribution in [0.1, 0.15) is 29.4 Å². The Bertz CT molecular complexity index is 646. The molecule has 2 aromatic carbocycles. The van der Waals surface area contributed by atoms with Crippen LogP contribution in [0.2, 0.25) is 5.02 Å². The van der Waals surface area contributed by atoms with Crippen LogP contribution in [0.4, 0.5) is 4.39 Å². The van der Waals surface area contributed by atoms with Crippen molar-refractivity contribution in [1.82, 2.24) is 5.32 Å². The zero-order valence-electron chi connectivity index (χ0n) is 11.5. The lowest BCUT2D eigenvalue weighted by Crippen LogP contribution is -2.34. The monoisotopic (exact) mass is 367 g/mol. The number of rotatable bonds is 2.